The van der Waals surface area contributed by atoms with Crippen molar-refractivity contribution in [2.24, 2.45) is 16.7 Å². The first-order chi connectivity index (χ1) is 29.3. The smallest absolute Gasteiger partial charge is 0.338 e. The summed E-state index contributed by atoms with van der Waals surface area (Å²) >= 11 is 0. The molecule has 1 heterocycles. The van der Waals surface area contributed by atoms with Gasteiger partial charge in [-0.3, -0.25) is 19.2 Å². The van der Waals surface area contributed by atoms with Crippen LogP contribution in [0.4, 0.5) is 0 Å². The maximum Gasteiger partial charge on any atom is 0.338 e. The van der Waals surface area contributed by atoms with Gasteiger partial charge in [0, 0.05) is 43.6 Å². The predicted octanol–water partition coefficient (Wildman–Crippen LogP) is 3.98. The molecule has 0 aromatic heterocycles. The molecule has 2 bridgehead atoms. The molecule has 0 spiro atoms. The lowest BCUT2D eigenvalue weighted by molar-refractivity contribution is -0.221. The number of fused-ring (bicyclic) bond motifs is 3. The fourth-order valence-corrected chi connectivity index (χ4v) is 9.15. The summed E-state index contributed by atoms with van der Waals surface area (Å²) in [4.78, 5) is 81.8. The number of amides is 1. The van der Waals surface area contributed by atoms with Gasteiger partial charge in [-0.1, -0.05) is 80.6 Å². The Balaban J connectivity index is 1.48. The van der Waals surface area contributed by atoms with Gasteiger partial charge < -0.3 is 44.3 Å². The normalized spacial score (nSPS) is 29.0. The number of carbonyl (C=O) groups excluding carboxylic acids is 6. The molecule has 3 aromatic rings. The lowest BCUT2D eigenvalue weighted by atomic mass is 9.50. The van der Waals surface area contributed by atoms with Gasteiger partial charge >= 0.3 is 23.9 Å². The average molecular weight is 856 g/mol. The molecule has 3 aromatic carbocycles. The number of hydrogen-bond donors (Lipinski definition) is 4. The number of ether oxygens (including phenoxy) is 5. The van der Waals surface area contributed by atoms with E-state index in [9.17, 15) is 39.3 Å². The molecule has 4 N–H and O–H groups in total. The number of aliphatic hydroxyl groups excluding tert-OH is 2. The van der Waals surface area contributed by atoms with E-state index in [2.05, 4.69) is 5.32 Å². The second-order valence-electron chi connectivity index (χ2n) is 16.9. The zero-order chi connectivity index (χ0) is 45.1. The number of nitrogens with one attached hydrogen (secondary N) is 1. The van der Waals surface area contributed by atoms with Gasteiger partial charge in [0.1, 0.15) is 24.4 Å². The summed E-state index contributed by atoms with van der Waals surface area (Å²) < 4.78 is 29.6. The third-order valence-corrected chi connectivity index (χ3v) is 12.8. The number of benzene rings is 3. The van der Waals surface area contributed by atoms with Gasteiger partial charge in [0.25, 0.3) is 5.91 Å². The molecule has 10 atom stereocenters. The van der Waals surface area contributed by atoms with Crippen LogP contribution in [0.5, 0.6) is 0 Å². The van der Waals surface area contributed by atoms with Crippen molar-refractivity contribution in [2.75, 3.05) is 13.2 Å². The van der Waals surface area contributed by atoms with Gasteiger partial charge in [-0.2, -0.15) is 0 Å². The van der Waals surface area contributed by atoms with Crippen LogP contribution in [0.3, 0.4) is 0 Å². The number of Topliss-reactive ketones (excluding diaryl/α,β-unsaturated/α-hetero) is 1. The van der Waals surface area contributed by atoms with Crippen LogP contribution in [0.25, 0.3) is 0 Å². The number of rotatable bonds is 11. The second kappa shape index (κ2) is 18.3. The van der Waals surface area contributed by atoms with Gasteiger partial charge in [0.15, 0.2) is 18.0 Å². The number of hydrogen-bond acceptors (Lipinski definition) is 14. The Morgan fingerprint density at radius 2 is 1.42 bits per heavy atom. The van der Waals surface area contributed by atoms with Crippen molar-refractivity contribution < 1.29 is 67.8 Å². The highest BCUT2D eigenvalue weighted by Crippen LogP contribution is 2.59. The van der Waals surface area contributed by atoms with Gasteiger partial charge in [-0.15, -0.1) is 0 Å². The quantitative estimate of drug-likeness (QED) is 0.122. The Morgan fingerprint density at radius 3 is 2.00 bits per heavy atom. The van der Waals surface area contributed by atoms with E-state index >= 15 is 4.79 Å². The van der Waals surface area contributed by atoms with Crippen molar-refractivity contribution in [2.45, 2.75) is 103 Å². The van der Waals surface area contributed by atoms with Crippen molar-refractivity contribution in [3.8, 4) is 0 Å². The topological polar surface area (TPSA) is 221 Å². The van der Waals surface area contributed by atoms with Crippen LogP contribution >= 0.6 is 0 Å². The summed E-state index contributed by atoms with van der Waals surface area (Å²) in [6.07, 6.45) is -10.2. The molecule has 3 aliphatic rings. The molecule has 2 aliphatic carbocycles. The third kappa shape index (κ3) is 8.80. The number of ketones is 1. The van der Waals surface area contributed by atoms with Crippen LogP contribution in [0.1, 0.15) is 86.7 Å². The molecular weight excluding hydrogens is 803 g/mol. The van der Waals surface area contributed by atoms with E-state index in [0.29, 0.717) is 5.56 Å². The Bertz CT molecular complexity index is 2190. The fourth-order valence-electron chi connectivity index (χ4n) is 9.15. The van der Waals surface area contributed by atoms with Crippen LogP contribution in [0.15, 0.2) is 102 Å². The summed E-state index contributed by atoms with van der Waals surface area (Å²) in [5.74, 6) is -6.36. The highest BCUT2D eigenvalue weighted by Gasteiger charge is 2.69. The molecule has 15 nitrogen and oxygen atoms in total. The van der Waals surface area contributed by atoms with Crippen LogP contribution in [-0.2, 0) is 42.9 Å². The minimum Gasteiger partial charge on any atom is -0.463 e. The van der Waals surface area contributed by atoms with E-state index < -0.39 is 114 Å². The number of aliphatic hydroxyl groups is 3. The van der Waals surface area contributed by atoms with Crippen molar-refractivity contribution >= 4 is 35.6 Å². The standard InChI is InChI=1S/C47H53NO14/c1-26-34(61-44(56)38(52)37(29-16-10-7-11-17-29)48-42(54)30-18-12-8-13-19-30)23-47(57)41(62-43(55)31-20-14-9-15-21-31)33-25-59-32(24-58-27(2)49)22-35(51)46(33,6)40(53)39(60-28(3)50)36(26)45(47,4)5/h7-21,32-35,37-39,41,51-52,57H,22-25H2,1-6H3,(H,48,54)/t32-,33+,34+,35+,37+,38-,39-,41+,46+,47-/m1/s1. The molecular formula is C47H53NO14. The molecule has 1 saturated heterocycles. The largest absolute Gasteiger partial charge is 0.463 e. The molecule has 330 valence electrons. The summed E-state index contributed by atoms with van der Waals surface area (Å²) in [7, 11) is 0. The molecule has 0 radical (unpaired) electrons. The Hall–Kier alpha value is -5.74. The summed E-state index contributed by atoms with van der Waals surface area (Å²) in [6, 6.07) is 23.1. The lowest BCUT2D eigenvalue weighted by Crippen LogP contribution is -2.70. The Morgan fingerprint density at radius 1 is 0.839 bits per heavy atom. The van der Waals surface area contributed by atoms with E-state index in [1.807, 2.05) is 0 Å². The SMILES string of the molecule is CC(=O)OC[C@H]1C[C@H](O)[C@@]2(C)C(=O)[C@H](OC(C)=O)C3=C(C)[C@@H](OC(=O)[C@H](O)[C@@H](NC(=O)c4ccccc4)c4ccccc4)C[C@@](O)([C@@H](OC(=O)c4ccccc4)[C@@H]2CO1)C3(C)C. The third-order valence-electron chi connectivity index (χ3n) is 12.8. The average Bonchev–Trinajstić information content (AvgIpc) is 3.37. The summed E-state index contributed by atoms with van der Waals surface area (Å²) in [6.45, 7) is 7.70. The van der Waals surface area contributed by atoms with Gasteiger partial charge in [0.2, 0.25) is 0 Å². The Kier molecular flexibility index (Phi) is 13.5. The fraction of sp³-hybridized carbons (Fsp3) is 0.447. The predicted molar refractivity (Wildman–Crippen MR) is 220 cm³/mol. The zero-order valence-corrected chi connectivity index (χ0v) is 35.4. The molecule has 6 rings (SSSR count). The summed E-state index contributed by atoms with van der Waals surface area (Å²) in [5.41, 5.74) is -4.92. The minimum absolute atomic E-state index is 0.0185. The van der Waals surface area contributed by atoms with E-state index in [1.165, 1.54) is 32.9 Å². The molecule has 1 aliphatic heterocycles. The second-order valence-corrected chi connectivity index (χ2v) is 16.9. The van der Waals surface area contributed by atoms with E-state index in [0.717, 1.165) is 6.92 Å². The summed E-state index contributed by atoms with van der Waals surface area (Å²) in [5, 5.41) is 40.1. The van der Waals surface area contributed by atoms with Gasteiger partial charge in [-0.05, 0) is 54.8 Å². The Labute approximate surface area is 359 Å². The monoisotopic (exact) mass is 855 g/mol. The first-order valence-electron chi connectivity index (χ1n) is 20.4. The first kappa shape index (κ1) is 45.8. The zero-order valence-electron chi connectivity index (χ0n) is 35.4. The molecule has 1 amide bonds. The van der Waals surface area contributed by atoms with E-state index in [1.54, 1.807) is 92.7 Å². The van der Waals surface area contributed by atoms with Crippen molar-refractivity contribution in [3.63, 3.8) is 0 Å². The lowest BCUT2D eigenvalue weighted by Gasteiger charge is -2.59. The van der Waals surface area contributed by atoms with Crippen molar-refractivity contribution in [1.29, 1.82) is 0 Å². The van der Waals surface area contributed by atoms with Crippen molar-refractivity contribution in [1.82, 2.24) is 5.32 Å². The number of esters is 4. The first-order valence-corrected chi connectivity index (χ1v) is 20.4. The molecule has 62 heavy (non-hydrogen) atoms. The van der Waals surface area contributed by atoms with Crippen LogP contribution < -0.4 is 5.32 Å². The maximum absolute atomic E-state index is 15.3. The minimum atomic E-state index is -2.30. The van der Waals surface area contributed by atoms with Crippen LogP contribution in [-0.4, -0.2) is 106 Å². The van der Waals surface area contributed by atoms with Crippen molar-refractivity contribution in [3.05, 3.63) is 119 Å². The van der Waals surface area contributed by atoms with E-state index in [-0.39, 0.29) is 35.3 Å². The number of carbonyl (C=O) groups is 6. The molecule has 0 unspecified atom stereocenters. The van der Waals surface area contributed by atoms with Crippen LogP contribution in [0, 0.1) is 16.7 Å². The maximum atomic E-state index is 15.3. The molecule has 1 saturated carbocycles. The van der Waals surface area contributed by atoms with Gasteiger partial charge in [-0.25, -0.2) is 9.59 Å². The molecule has 15 heteroatoms. The molecule has 2 fully saturated rings. The van der Waals surface area contributed by atoms with Crippen LogP contribution in [0.2, 0.25) is 0 Å². The highest BCUT2D eigenvalue weighted by molar-refractivity contribution is 5.96. The van der Waals surface area contributed by atoms with E-state index in [4.69, 9.17) is 23.7 Å². The van der Waals surface area contributed by atoms with Gasteiger partial charge in [0.05, 0.1) is 35.8 Å². The highest BCUT2D eigenvalue weighted by atomic mass is 16.6.